The van der Waals surface area contributed by atoms with Gasteiger partial charge in [0.2, 0.25) is 0 Å². The second kappa shape index (κ2) is 8.58. The van der Waals surface area contributed by atoms with Crippen LogP contribution in [-0.2, 0) is 11.2 Å². The van der Waals surface area contributed by atoms with Crippen LogP contribution in [-0.4, -0.2) is 18.2 Å². The summed E-state index contributed by atoms with van der Waals surface area (Å²) in [6.45, 7) is 0. The first-order chi connectivity index (χ1) is 13.5. The van der Waals surface area contributed by atoms with Gasteiger partial charge in [-0.2, -0.15) is 0 Å². The second-order valence-electron chi connectivity index (χ2n) is 6.22. The molecule has 1 aromatic heterocycles. The summed E-state index contributed by atoms with van der Waals surface area (Å²) in [4.78, 5) is 15.7. The summed E-state index contributed by atoms with van der Waals surface area (Å²) in [5, 5.41) is 2.58. The van der Waals surface area contributed by atoms with Crippen molar-refractivity contribution in [2.75, 3.05) is 12.4 Å². The van der Waals surface area contributed by atoms with Crippen LogP contribution in [0.15, 0.2) is 60.8 Å². The van der Waals surface area contributed by atoms with Crippen molar-refractivity contribution < 1.29 is 18.3 Å². The van der Waals surface area contributed by atoms with Crippen molar-refractivity contribution in [3.05, 3.63) is 83.7 Å². The third-order valence-corrected chi connectivity index (χ3v) is 4.20. The quantitative estimate of drug-likeness (QED) is 0.683. The van der Waals surface area contributed by atoms with Gasteiger partial charge in [-0.05, 0) is 47.9 Å². The zero-order chi connectivity index (χ0) is 20.1. The van der Waals surface area contributed by atoms with Gasteiger partial charge < -0.3 is 10.5 Å². The zero-order valence-corrected chi connectivity index (χ0v) is 15.2. The summed E-state index contributed by atoms with van der Waals surface area (Å²) in [5.74, 6) is -1.28. The number of carbonyl (C=O) groups is 1. The lowest BCUT2D eigenvalue weighted by Gasteiger charge is -2.16. The van der Waals surface area contributed by atoms with Crippen LogP contribution in [0.3, 0.4) is 0 Å². The van der Waals surface area contributed by atoms with Crippen LogP contribution in [0.2, 0.25) is 0 Å². The first-order valence-electron chi connectivity index (χ1n) is 8.57. The number of carbonyl (C=O) groups excluding carboxylic acids is 1. The Hall–Kier alpha value is -3.32. The average Bonchev–Trinajstić information content (AvgIpc) is 2.67. The van der Waals surface area contributed by atoms with Crippen LogP contribution < -0.4 is 11.1 Å². The molecule has 0 radical (unpaired) electrons. The highest BCUT2D eigenvalue weighted by atomic mass is 19.1. The van der Waals surface area contributed by atoms with E-state index in [0.29, 0.717) is 16.9 Å². The van der Waals surface area contributed by atoms with Gasteiger partial charge in [-0.25, -0.2) is 13.6 Å². The predicted molar refractivity (Wildman–Crippen MR) is 103 cm³/mol. The number of hydrogen-bond donors (Lipinski definition) is 2. The van der Waals surface area contributed by atoms with E-state index in [0.717, 1.165) is 17.2 Å². The number of aromatic nitrogens is 1. The van der Waals surface area contributed by atoms with E-state index < -0.39 is 23.8 Å². The van der Waals surface area contributed by atoms with Gasteiger partial charge >= 0.3 is 6.09 Å². The van der Waals surface area contributed by atoms with Crippen LogP contribution in [0.1, 0.15) is 17.3 Å². The number of ether oxygens (including phenoxy) is 1. The minimum absolute atomic E-state index is 0.237. The topological polar surface area (TPSA) is 77.2 Å². The number of benzene rings is 2. The fraction of sp³-hybridized carbons (Fsp3) is 0.143. The number of amides is 1. The maximum Gasteiger partial charge on any atom is 0.411 e. The molecule has 3 N–H and O–H groups in total. The number of nitrogens with one attached hydrogen (secondary N) is 1. The third-order valence-electron chi connectivity index (χ3n) is 4.20. The van der Waals surface area contributed by atoms with Gasteiger partial charge in [-0.3, -0.25) is 10.3 Å². The van der Waals surface area contributed by atoms with Crippen LogP contribution in [0, 0.1) is 11.6 Å². The number of halogens is 2. The molecule has 0 aliphatic rings. The van der Waals surface area contributed by atoms with Crippen molar-refractivity contribution >= 4 is 11.8 Å². The molecule has 0 fully saturated rings. The molecule has 28 heavy (non-hydrogen) atoms. The van der Waals surface area contributed by atoms with E-state index in [4.69, 9.17) is 5.73 Å². The van der Waals surface area contributed by atoms with Gasteiger partial charge in [0.25, 0.3) is 0 Å². The second-order valence-corrected chi connectivity index (χ2v) is 6.22. The van der Waals surface area contributed by atoms with Gasteiger partial charge in [-0.15, -0.1) is 0 Å². The van der Waals surface area contributed by atoms with Crippen LogP contribution in [0.5, 0.6) is 0 Å². The molecule has 5 nitrogen and oxygen atoms in total. The van der Waals surface area contributed by atoms with E-state index in [1.54, 1.807) is 24.4 Å². The van der Waals surface area contributed by atoms with E-state index in [-0.39, 0.29) is 6.42 Å². The van der Waals surface area contributed by atoms with Crippen LogP contribution in [0.4, 0.5) is 19.3 Å². The normalized spacial score (nSPS) is 11.7. The van der Waals surface area contributed by atoms with Crippen LogP contribution in [0.25, 0.3) is 11.1 Å². The minimum atomic E-state index is -0.642. The highest BCUT2D eigenvalue weighted by Crippen LogP contribution is 2.28. The molecule has 1 atom stereocenters. The molecule has 0 spiro atoms. The molecule has 7 heteroatoms. The number of nitrogens with two attached hydrogens (primary N) is 1. The predicted octanol–water partition coefficient (Wildman–Crippen LogP) is 4.45. The Morgan fingerprint density at radius 2 is 1.82 bits per heavy atom. The summed E-state index contributed by atoms with van der Waals surface area (Å²) in [7, 11) is 1.29. The number of pyridine rings is 1. The van der Waals surface area contributed by atoms with Crippen molar-refractivity contribution in [1.82, 2.24) is 4.98 Å². The number of anilines is 1. The Morgan fingerprint density at radius 1 is 1.14 bits per heavy atom. The first kappa shape index (κ1) is 19.4. The van der Waals surface area contributed by atoms with Crippen molar-refractivity contribution in [2.24, 2.45) is 5.73 Å². The fourth-order valence-corrected chi connectivity index (χ4v) is 2.94. The Kier molecular flexibility index (Phi) is 5.96. The lowest BCUT2D eigenvalue weighted by Crippen LogP contribution is -2.16. The van der Waals surface area contributed by atoms with Gasteiger partial charge in [0.05, 0.1) is 18.8 Å². The molecule has 2 aromatic carbocycles. The largest absolute Gasteiger partial charge is 0.453 e. The lowest BCUT2D eigenvalue weighted by molar-refractivity contribution is 0.187. The Balaban J connectivity index is 1.85. The minimum Gasteiger partial charge on any atom is -0.453 e. The molecule has 0 aliphatic carbocycles. The molecule has 3 rings (SSSR count). The van der Waals surface area contributed by atoms with Gasteiger partial charge in [0, 0.05) is 23.5 Å². The summed E-state index contributed by atoms with van der Waals surface area (Å²) in [5.41, 5.74) is 9.60. The summed E-state index contributed by atoms with van der Waals surface area (Å²) in [6, 6.07) is 13.6. The van der Waals surface area contributed by atoms with Crippen molar-refractivity contribution in [3.63, 3.8) is 0 Å². The fourth-order valence-electron chi connectivity index (χ4n) is 2.94. The molecule has 0 unspecified atom stereocenters. The van der Waals surface area contributed by atoms with Gasteiger partial charge in [0.15, 0.2) is 0 Å². The molecule has 1 heterocycles. The molecule has 0 saturated carbocycles. The molecule has 1 amide bonds. The molecule has 0 saturated heterocycles. The van der Waals surface area contributed by atoms with E-state index in [2.05, 4.69) is 15.0 Å². The Morgan fingerprint density at radius 3 is 2.46 bits per heavy atom. The monoisotopic (exact) mass is 383 g/mol. The number of nitrogens with zero attached hydrogens (tertiary/aromatic N) is 1. The number of methoxy groups -OCH3 is 1. The van der Waals surface area contributed by atoms with Crippen LogP contribution >= 0.6 is 0 Å². The Labute approximate surface area is 161 Å². The van der Waals surface area contributed by atoms with E-state index >= 15 is 0 Å². The van der Waals surface area contributed by atoms with E-state index in [9.17, 15) is 13.6 Å². The zero-order valence-electron chi connectivity index (χ0n) is 15.2. The number of hydrogen-bond acceptors (Lipinski definition) is 4. The summed E-state index contributed by atoms with van der Waals surface area (Å²) < 4.78 is 31.5. The highest BCUT2D eigenvalue weighted by Gasteiger charge is 2.15. The smallest absolute Gasteiger partial charge is 0.411 e. The van der Waals surface area contributed by atoms with Gasteiger partial charge in [0.1, 0.15) is 11.6 Å². The molecular formula is C21H19F2N3O2. The maximum absolute atomic E-state index is 13.4. The molecule has 3 aromatic rings. The molecule has 144 valence electrons. The highest BCUT2D eigenvalue weighted by molar-refractivity contribution is 5.85. The molecule has 0 aliphatic heterocycles. The van der Waals surface area contributed by atoms with E-state index in [1.165, 1.54) is 19.2 Å². The molecule has 0 bridgehead atoms. The first-order valence-corrected chi connectivity index (χ1v) is 8.57. The third kappa shape index (κ3) is 4.69. The Bertz CT molecular complexity index is 957. The number of rotatable bonds is 5. The lowest BCUT2D eigenvalue weighted by atomic mass is 9.96. The SMILES string of the molecule is COC(=O)Nc1ccc(-c2cccnc2[C@@H](N)Cc2cc(F)cc(F)c2)cc1. The van der Waals surface area contributed by atoms with Gasteiger partial charge in [-0.1, -0.05) is 18.2 Å². The van der Waals surface area contributed by atoms with Crippen molar-refractivity contribution in [1.29, 1.82) is 0 Å². The van der Waals surface area contributed by atoms with E-state index in [1.807, 2.05) is 18.2 Å². The summed E-state index contributed by atoms with van der Waals surface area (Å²) in [6.07, 6.45) is 1.30. The molecular weight excluding hydrogens is 364 g/mol. The van der Waals surface area contributed by atoms with Crippen molar-refractivity contribution in [3.8, 4) is 11.1 Å². The average molecular weight is 383 g/mol. The standard InChI is InChI=1S/C21H19F2N3O2/c1-28-21(27)26-17-6-4-14(5-7-17)18-3-2-8-25-20(18)19(24)11-13-9-15(22)12-16(23)10-13/h2-10,12,19H,11,24H2,1H3,(H,26,27)/t19-/m0/s1. The summed E-state index contributed by atoms with van der Waals surface area (Å²) >= 11 is 0. The maximum atomic E-state index is 13.4. The van der Waals surface area contributed by atoms with Crippen molar-refractivity contribution in [2.45, 2.75) is 12.5 Å².